The van der Waals surface area contributed by atoms with Crippen LogP contribution in [0.5, 0.6) is 0 Å². The second-order valence-corrected chi connectivity index (χ2v) is 5.22. The molecule has 1 N–H and O–H groups in total. The molecule has 1 atom stereocenters. The minimum atomic E-state index is 0.230. The lowest BCUT2D eigenvalue weighted by Gasteiger charge is -2.31. The van der Waals surface area contributed by atoms with Crippen LogP contribution in [-0.4, -0.2) is 74.7 Å². The van der Waals surface area contributed by atoms with E-state index in [4.69, 9.17) is 4.74 Å². The molecule has 0 aromatic rings. The normalized spacial score (nSPS) is 18.9. The molecule has 112 valence electrons. The molecule has 5 nitrogen and oxygen atoms in total. The third-order valence-electron chi connectivity index (χ3n) is 3.77. The molecule has 1 aliphatic heterocycles. The highest BCUT2D eigenvalue weighted by Gasteiger charge is 2.21. The van der Waals surface area contributed by atoms with Gasteiger partial charge in [0.05, 0.1) is 13.2 Å². The fourth-order valence-electron chi connectivity index (χ4n) is 2.34. The molecule has 0 aliphatic carbocycles. The molecule has 0 aromatic carbocycles. The molecule has 1 rings (SSSR count). The smallest absolute Gasteiger partial charge is 0.237 e. The number of nitrogens with zero attached hydrogens (tertiary/aromatic N) is 2. The topological polar surface area (TPSA) is 44.8 Å². The van der Waals surface area contributed by atoms with Gasteiger partial charge in [0.2, 0.25) is 5.91 Å². The number of hydrogen-bond acceptors (Lipinski definition) is 4. The van der Waals surface area contributed by atoms with Crippen molar-refractivity contribution in [3.8, 4) is 0 Å². The van der Waals surface area contributed by atoms with Crippen LogP contribution in [0.25, 0.3) is 0 Å². The van der Waals surface area contributed by atoms with Gasteiger partial charge in [0, 0.05) is 32.8 Å². The first-order valence-electron chi connectivity index (χ1n) is 7.40. The van der Waals surface area contributed by atoms with E-state index < -0.39 is 0 Å². The van der Waals surface area contributed by atoms with E-state index in [1.165, 1.54) is 0 Å². The van der Waals surface area contributed by atoms with Crippen LogP contribution >= 0.6 is 0 Å². The predicted octanol–water partition coefficient (Wildman–Crippen LogP) is 0.555. The molecule has 5 heteroatoms. The van der Waals surface area contributed by atoms with E-state index in [0.717, 1.165) is 39.0 Å². The molecule has 1 saturated heterocycles. The van der Waals surface area contributed by atoms with Crippen molar-refractivity contribution in [2.45, 2.75) is 32.7 Å². The Hall–Kier alpha value is -0.650. The first-order chi connectivity index (χ1) is 9.19. The van der Waals surface area contributed by atoms with Crippen LogP contribution < -0.4 is 5.32 Å². The Kier molecular flexibility index (Phi) is 8.02. The summed E-state index contributed by atoms with van der Waals surface area (Å²) in [5, 5.41) is 3.36. The summed E-state index contributed by atoms with van der Waals surface area (Å²) in [5.41, 5.74) is 0. The van der Waals surface area contributed by atoms with Gasteiger partial charge in [-0.15, -0.1) is 0 Å². The molecule has 0 saturated carbocycles. The first-order valence-corrected chi connectivity index (χ1v) is 7.40. The van der Waals surface area contributed by atoms with Crippen molar-refractivity contribution >= 4 is 5.91 Å². The quantitative estimate of drug-likeness (QED) is 0.735. The van der Waals surface area contributed by atoms with Crippen molar-refractivity contribution < 1.29 is 9.53 Å². The fraction of sp³-hybridized carbons (Fsp3) is 0.929. The van der Waals surface area contributed by atoms with E-state index in [1.807, 2.05) is 4.90 Å². The van der Waals surface area contributed by atoms with E-state index in [9.17, 15) is 4.79 Å². The summed E-state index contributed by atoms with van der Waals surface area (Å²) in [7, 11) is 1.68. The molecule has 0 aromatic heterocycles. The Labute approximate surface area is 117 Å². The van der Waals surface area contributed by atoms with E-state index in [2.05, 4.69) is 24.1 Å². The third kappa shape index (κ3) is 5.89. The number of carbonyl (C=O) groups excluding carboxylic acids is 1. The number of rotatable bonds is 7. The summed E-state index contributed by atoms with van der Waals surface area (Å²) in [4.78, 5) is 16.7. The van der Waals surface area contributed by atoms with Gasteiger partial charge in [-0.25, -0.2) is 0 Å². The third-order valence-corrected chi connectivity index (χ3v) is 3.77. The van der Waals surface area contributed by atoms with Crippen LogP contribution in [0.4, 0.5) is 0 Å². The summed E-state index contributed by atoms with van der Waals surface area (Å²) < 4.78 is 5.11. The zero-order chi connectivity index (χ0) is 14.1. The lowest BCUT2D eigenvalue weighted by molar-refractivity contribution is -0.135. The monoisotopic (exact) mass is 271 g/mol. The van der Waals surface area contributed by atoms with E-state index in [1.54, 1.807) is 7.11 Å². The second-order valence-electron chi connectivity index (χ2n) is 5.22. The number of methoxy groups -OCH3 is 1. The number of hydrogen-bond donors (Lipinski definition) is 1. The van der Waals surface area contributed by atoms with Gasteiger partial charge in [0.15, 0.2) is 0 Å². The first kappa shape index (κ1) is 16.4. The molecule has 1 amide bonds. The van der Waals surface area contributed by atoms with Crippen molar-refractivity contribution in [3.05, 3.63) is 0 Å². The van der Waals surface area contributed by atoms with Gasteiger partial charge >= 0.3 is 0 Å². The van der Waals surface area contributed by atoms with Gasteiger partial charge in [0.25, 0.3) is 0 Å². The van der Waals surface area contributed by atoms with Gasteiger partial charge in [0.1, 0.15) is 0 Å². The van der Waals surface area contributed by atoms with Crippen LogP contribution in [0.1, 0.15) is 26.7 Å². The molecule has 1 unspecified atom stereocenters. The number of amides is 1. The van der Waals surface area contributed by atoms with Crippen LogP contribution in [0.15, 0.2) is 0 Å². The van der Waals surface area contributed by atoms with Crippen molar-refractivity contribution in [1.82, 2.24) is 15.1 Å². The van der Waals surface area contributed by atoms with Crippen LogP contribution in [0.3, 0.4) is 0 Å². The number of ether oxygens (including phenoxy) is 1. The maximum absolute atomic E-state index is 12.4. The molecule has 19 heavy (non-hydrogen) atoms. The minimum Gasteiger partial charge on any atom is -0.383 e. The average Bonchev–Trinajstić information content (AvgIpc) is 2.67. The summed E-state index contributed by atoms with van der Waals surface area (Å²) in [5.74, 6) is 0.230. The Morgan fingerprint density at radius 2 is 2.21 bits per heavy atom. The molecule has 0 spiro atoms. The highest BCUT2D eigenvalue weighted by Crippen LogP contribution is 2.06. The van der Waals surface area contributed by atoms with E-state index >= 15 is 0 Å². The Balaban J connectivity index is 2.49. The van der Waals surface area contributed by atoms with Gasteiger partial charge in [-0.2, -0.15) is 0 Å². The summed E-state index contributed by atoms with van der Waals surface area (Å²) >= 11 is 0. The molecule has 1 aliphatic rings. The highest BCUT2D eigenvalue weighted by atomic mass is 16.5. The fourth-order valence-corrected chi connectivity index (χ4v) is 2.34. The standard InChI is InChI=1S/C14H29N3O2/c1-4-13(2)17(10-11-19-3)14(18)12-16-8-5-6-15-7-9-16/h13,15H,4-12H2,1-3H3. The maximum atomic E-state index is 12.4. The molecular weight excluding hydrogens is 242 g/mol. The highest BCUT2D eigenvalue weighted by molar-refractivity contribution is 5.78. The SMILES string of the molecule is CCC(C)N(CCOC)C(=O)CN1CCCNCC1. The predicted molar refractivity (Wildman–Crippen MR) is 77.3 cm³/mol. The zero-order valence-corrected chi connectivity index (χ0v) is 12.7. The zero-order valence-electron chi connectivity index (χ0n) is 12.7. The van der Waals surface area contributed by atoms with Crippen LogP contribution in [0, 0.1) is 0 Å². The van der Waals surface area contributed by atoms with Crippen molar-refractivity contribution in [1.29, 1.82) is 0 Å². The van der Waals surface area contributed by atoms with Gasteiger partial charge in [-0.05, 0) is 32.9 Å². The van der Waals surface area contributed by atoms with E-state index in [-0.39, 0.29) is 11.9 Å². The second kappa shape index (κ2) is 9.28. The summed E-state index contributed by atoms with van der Waals surface area (Å²) in [6.45, 7) is 10.1. The minimum absolute atomic E-state index is 0.230. The largest absolute Gasteiger partial charge is 0.383 e. The van der Waals surface area contributed by atoms with Crippen LogP contribution in [-0.2, 0) is 9.53 Å². The number of carbonyl (C=O) groups is 1. The lowest BCUT2D eigenvalue weighted by Crippen LogP contribution is -2.46. The van der Waals surface area contributed by atoms with Crippen molar-refractivity contribution in [3.63, 3.8) is 0 Å². The van der Waals surface area contributed by atoms with Crippen molar-refractivity contribution in [2.24, 2.45) is 0 Å². The molecule has 0 bridgehead atoms. The molecule has 1 fully saturated rings. The Bertz CT molecular complexity index is 253. The van der Waals surface area contributed by atoms with E-state index in [0.29, 0.717) is 19.7 Å². The average molecular weight is 271 g/mol. The van der Waals surface area contributed by atoms with Gasteiger partial charge in [-0.1, -0.05) is 6.92 Å². The van der Waals surface area contributed by atoms with Crippen molar-refractivity contribution in [2.75, 3.05) is 53.0 Å². The van der Waals surface area contributed by atoms with Gasteiger partial charge in [-0.3, -0.25) is 9.69 Å². The van der Waals surface area contributed by atoms with Gasteiger partial charge < -0.3 is 15.0 Å². The Morgan fingerprint density at radius 3 is 2.89 bits per heavy atom. The summed E-state index contributed by atoms with van der Waals surface area (Å²) in [6.07, 6.45) is 2.10. The lowest BCUT2D eigenvalue weighted by atomic mass is 10.2. The maximum Gasteiger partial charge on any atom is 0.237 e. The summed E-state index contributed by atoms with van der Waals surface area (Å²) in [6, 6.07) is 0.285. The Morgan fingerprint density at radius 1 is 1.42 bits per heavy atom. The molecule has 0 radical (unpaired) electrons. The molecular formula is C14H29N3O2. The number of nitrogens with one attached hydrogen (secondary N) is 1. The van der Waals surface area contributed by atoms with Crippen LogP contribution in [0.2, 0.25) is 0 Å². The molecule has 1 heterocycles.